The van der Waals surface area contributed by atoms with Gasteiger partial charge in [-0.25, -0.2) is 4.79 Å². The first kappa shape index (κ1) is 23.5. The van der Waals surface area contributed by atoms with E-state index in [1.165, 1.54) is 12.0 Å². The van der Waals surface area contributed by atoms with Gasteiger partial charge in [0.15, 0.2) is 0 Å². The lowest BCUT2D eigenvalue weighted by molar-refractivity contribution is -0.132. The van der Waals surface area contributed by atoms with Crippen LogP contribution in [0.2, 0.25) is 0 Å². The van der Waals surface area contributed by atoms with Crippen LogP contribution in [0.25, 0.3) is 0 Å². The van der Waals surface area contributed by atoms with Crippen molar-refractivity contribution in [1.29, 1.82) is 0 Å². The Bertz CT molecular complexity index is 876. The van der Waals surface area contributed by atoms with E-state index in [9.17, 15) is 14.4 Å². The predicted octanol–water partition coefficient (Wildman–Crippen LogP) is 3.08. The van der Waals surface area contributed by atoms with Crippen molar-refractivity contribution in [1.82, 2.24) is 9.80 Å². The number of carbonyl (C=O) groups excluding carboxylic acids is 3. The molecule has 1 aromatic carbocycles. The summed E-state index contributed by atoms with van der Waals surface area (Å²) in [5.74, 6) is -1.37. The van der Waals surface area contributed by atoms with Crippen molar-refractivity contribution in [3.05, 3.63) is 29.3 Å². The Hall–Kier alpha value is -2.81. The van der Waals surface area contributed by atoms with Gasteiger partial charge < -0.3 is 9.64 Å². The summed E-state index contributed by atoms with van der Waals surface area (Å²) in [7, 11) is 1.25. The first-order valence-electron chi connectivity index (χ1n) is 10.1. The van der Waals surface area contributed by atoms with Crippen LogP contribution in [-0.2, 0) is 9.53 Å². The maximum atomic E-state index is 13.0. The molecule has 0 saturated heterocycles. The molecule has 30 heavy (non-hydrogen) atoms. The van der Waals surface area contributed by atoms with Crippen molar-refractivity contribution in [2.45, 2.75) is 46.6 Å². The van der Waals surface area contributed by atoms with E-state index in [2.05, 4.69) is 10.5 Å². The normalized spacial score (nSPS) is 13.5. The van der Waals surface area contributed by atoms with Gasteiger partial charge in [0, 0.05) is 19.1 Å². The van der Waals surface area contributed by atoms with E-state index in [1.807, 2.05) is 27.7 Å². The van der Waals surface area contributed by atoms with E-state index in [0.717, 1.165) is 0 Å². The van der Waals surface area contributed by atoms with Gasteiger partial charge >= 0.3 is 5.97 Å². The third kappa shape index (κ3) is 4.35. The molecule has 162 valence electrons. The minimum absolute atomic E-state index is 0.0672. The number of fused-ring (bicyclic) bond motifs is 1. The number of imide groups is 1. The average molecular weight is 433 g/mol. The summed E-state index contributed by atoms with van der Waals surface area (Å²) < 4.78 is 4.82. The van der Waals surface area contributed by atoms with Crippen molar-refractivity contribution >= 4 is 46.4 Å². The SMILES string of the molecule is CCC(CC)N1C(=O)c2cccc(NN=C(C(=O)OC)C(=S)N(CC)CC)c2C1=O. The number of amides is 2. The Labute approximate surface area is 182 Å². The molecule has 1 aliphatic heterocycles. The Morgan fingerprint density at radius 1 is 1.17 bits per heavy atom. The molecule has 2 rings (SSSR count). The number of nitrogens with zero attached hydrogens (tertiary/aromatic N) is 3. The molecule has 0 aliphatic carbocycles. The lowest BCUT2D eigenvalue weighted by Crippen LogP contribution is -2.39. The Morgan fingerprint density at radius 2 is 1.80 bits per heavy atom. The molecule has 0 atom stereocenters. The fraction of sp³-hybridized carbons (Fsp3) is 0.476. The number of ether oxygens (including phenoxy) is 1. The molecular weight excluding hydrogens is 404 g/mol. The molecule has 1 N–H and O–H groups in total. The van der Waals surface area contributed by atoms with Crippen LogP contribution in [-0.4, -0.2) is 64.5 Å². The lowest BCUT2D eigenvalue weighted by atomic mass is 10.1. The Morgan fingerprint density at radius 3 is 2.33 bits per heavy atom. The van der Waals surface area contributed by atoms with Crippen molar-refractivity contribution in [3.63, 3.8) is 0 Å². The van der Waals surface area contributed by atoms with Crippen molar-refractivity contribution < 1.29 is 19.1 Å². The second-order valence-corrected chi connectivity index (χ2v) is 7.11. The molecule has 8 nitrogen and oxygen atoms in total. The zero-order valence-electron chi connectivity index (χ0n) is 18.0. The zero-order valence-corrected chi connectivity index (χ0v) is 18.8. The van der Waals surface area contributed by atoms with E-state index in [-0.39, 0.29) is 34.1 Å². The highest BCUT2D eigenvalue weighted by molar-refractivity contribution is 7.82. The van der Waals surface area contributed by atoms with Crippen LogP contribution in [0.3, 0.4) is 0 Å². The van der Waals surface area contributed by atoms with Crippen LogP contribution < -0.4 is 5.43 Å². The molecule has 0 fully saturated rings. The summed E-state index contributed by atoms with van der Waals surface area (Å²) in [5, 5.41) is 4.16. The molecular formula is C21H28N4O4S. The predicted molar refractivity (Wildman–Crippen MR) is 120 cm³/mol. The number of benzene rings is 1. The highest BCUT2D eigenvalue weighted by atomic mass is 32.1. The minimum atomic E-state index is -0.687. The Balaban J connectivity index is 2.44. The second kappa shape index (κ2) is 10.3. The molecule has 1 aliphatic rings. The molecule has 9 heteroatoms. The third-order valence-corrected chi connectivity index (χ3v) is 5.63. The number of hydrazone groups is 1. The van der Waals surface area contributed by atoms with Crippen molar-refractivity contribution in [2.75, 3.05) is 25.6 Å². The number of hydrogen-bond donors (Lipinski definition) is 1. The molecule has 2 amide bonds. The number of anilines is 1. The van der Waals surface area contributed by atoms with Crippen LogP contribution in [0.4, 0.5) is 5.69 Å². The quantitative estimate of drug-likeness (QED) is 0.211. The highest BCUT2D eigenvalue weighted by Crippen LogP contribution is 2.32. The van der Waals surface area contributed by atoms with Gasteiger partial charge in [-0.05, 0) is 38.8 Å². The number of esters is 1. The molecule has 0 radical (unpaired) electrons. The largest absolute Gasteiger partial charge is 0.464 e. The second-order valence-electron chi connectivity index (χ2n) is 6.72. The van der Waals surface area contributed by atoms with Gasteiger partial charge in [0.05, 0.1) is 23.9 Å². The third-order valence-electron chi connectivity index (χ3n) is 5.17. The fourth-order valence-corrected chi connectivity index (χ4v) is 3.82. The van der Waals surface area contributed by atoms with Crippen LogP contribution in [0, 0.1) is 0 Å². The lowest BCUT2D eigenvalue weighted by Gasteiger charge is -2.23. The highest BCUT2D eigenvalue weighted by Gasteiger charge is 2.40. The van der Waals surface area contributed by atoms with Crippen LogP contribution in [0.15, 0.2) is 23.3 Å². The van der Waals surface area contributed by atoms with E-state index >= 15 is 0 Å². The number of thiocarbonyl (C=S) groups is 1. The van der Waals surface area contributed by atoms with Gasteiger partial charge in [0.2, 0.25) is 5.71 Å². The van der Waals surface area contributed by atoms with Crippen molar-refractivity contribution in [2.24, 2.45) is 5.10 Å². The molecule has 0 spiro atoms. The molecule has 1 heterocycles. The van der Waals surface area contributed by atoms with Gasteiger partial charge in [-0.2, -0.15) is 5.10 Å². The van der Waals surface area contributed by atoms with Gasteiger partial charge in [-0.3, -0.25) is 19.9 Å². The minimum Gasteiger partial charge on any atom is -0.464 e. The van der Waals surface area contributed by atoms with E-state index in [1.54, 1.807) is 23.1 Å². The van der Waals surface area contributed by atoms with Gasteiger partial charge in [-0.1, -0.05) is 32.1 Å². The number of methoxy groups -OCH3 is 1. The van der Waals surface area contributed by atoms with E-state index in [4.69, 9.17) is 17.0 Å². The van der Waals surface area contributed by atoms with E-state index in [0.29, 0.717) is 37.2 Å². The summed E-state index contributed by atoms with van der Waals surface area (Å²) in [6.45, 7) is 8.92. The summed E-state index contributed by atoms with van der Waals surface area (Å²) >= 11 is 5.40. The zero-order chi connectivity index (χ0) is 22.4. The smallest absolute Gasteiger partial charge is 0.361 e. The summed E-state index contributed by atoms with van der Waals surface area (Å²) in [4.78, 5) is 41.5. The summed E-state index contributed by atoms with van der Waals surface area (Å²) in [6, 6.07) is 4.75. The van der Waals surface area contributed by atoms with Crippen LogP contribution in [0.1, 0.15) is 61.3 Å². The molecule has 0 saturated carbocycles. The summed E-state index contributed by atoms with van der Waals surface area (Å²) in [5.41, 5.74) is 3.60. The first-order valence-corrected chi connectivity index (χ1v) is 10.5. The molecule has 0 bridgehead atoms. The fourth-order valence-electron chi connectivity index (χ4n) is 3.44. The number of nitrogens with one attached hydrogen (secondary N) is 1. The topological polar surface area (TPSA) is 91.3 Å². The van der Waals surface area contributed by atoms with E-state index < -0.39 is 5.97 Å². The monoisotopic (exact) mass is 432 g/mol. The molecule has 0 unspecified atom stereocenters. The molecule has 0 aromatic heterocycles. The van der Waals surface area contributed by atoms with Gasteiger partial charge in [0.25, 0.3) is 11.8 Å². The first-order chi connectivity index (χ1) is 14.4. The van der Waals surface area contributed by atoms with Gasteiger partial charge in [0.1, 0.15) is 4.99 Å². The number of carbonyl (C=O) groups is 3. The maximum absolute atomic E-state index is 13.0. The number of hydrogen-bond acceptors (Lipinski definition) is 7. The molecule has 1 aromatic rings. The standard InChI is InChI=1S/C21H28N4O4S/c1-6-13(7-2)25-18(26)14-11-10-12-15(16(14)19(25)27)22-23-17(21(28)29-5)20(30)24(8-3)9-4/h10-13,22H,6-9H2,1-5H3. The Kier molecular flexibility index (Phi) is 8.05. The average Bonchev–Trinajstić information content (AvgIpc) is 3.01. The van der Waals surface area contributed by atoms with Crippen LogP contribution in [0.5, 0.6) is 0 Å². The van der Waals surface area contributed by atoms with Crippen LogP contribution >= 0.6 is 12.2 Å². The van der Waals surface area contributed by atoms with Crippen molar-refractivity contribution in [3.8, 4) is 0 Å². The van der Waals surface area contributed by atoms with Gasteiger partial charge in [-0.15, -0.1) is 0 Å². The summed E-state index contributed by atoms with van der Waals surface area (Å²) in [6.07, 6.45) is 1.35. The number of rotatable bonds is 9. The maximum Gasteiger partial charge on any atom is 0.361 e.